The van der Waals surface area contributed by atoms with Gasteiger partial charge in [-0.15, -0.1) is 21.8 Å². The summed E-state index contributed by atoms with van der Waals surface area (Å²) in [6.45, 7) is 0.152. The lowest BCUT2D eigenvalue weighted by atomic mass is 10.3. The van der Waals surface area contributed by atoms with E-state index in [1.165, 1.54) is 0 Å². The topological polar surface area (TPSA) is 66.6 Å². The molecule has 0 bridgehead atoms. The summed E-state index contributed by atoms with van der Waals surface area (Å²) >= 11 is 5.60. The van der Waals surface area contributed by atoms with Crippen molar-refractivity contribution >= 4 is 11.6 Å². The van der Waals surface area contributed by atoms with Gasteiger partial charge >= 0.3 is 0 Å². The molecule has 1 aromatic heterocycles. The number of aromatic nitrogens is 2. The lowest BCUT2D eigenvalue weighted by Crippen LogP contribution is -1.99. The van der Waals surface area contributed by atoms with Crippen molar-refractivity contribution in [3.8, 4) is 17.2 Å². The summed E-state index contributed by atoms with van der Waals surface area (Å²) in [6.07, 6.45) is 0.539. The van der Waals surface area contributed by atoms with Gasteiger partial charge in [0.2, 0.25) is 11.6 Å². The highest BCUT2D eigenvalue weighted by Gasteiger charge is 2.12. The Balaban J connectivity index is 2.06. The molecule has 0 atom stereocenters. The summed E-state index contributed by atoms with van der Waals surface area (Å²) in [4.78, 5) is 0. The van der Waals surface area contributed by atoms with Crippen molar-refractivity contribution in [2.75, 3.05) is 20.1 Å². The van der Waals surface area contributed by atoms with Crippen LogP contribution in [0.15, 0.2) is 22.6 Å². The van der Waals surface area contributed by atoms with E-state index in [1.807, 2.05) is 6.07 Å². The smallest absolute Gasteiger partial charge is 0.253 e. The quantitative estimate of drug-likeness (QED) is 0.732. The van der Waals surface area contributed by atoms with Crippen LogP contribution in [0.4, 0.5) is 0 Å². The van der Waals surface area contributed by atoms with E-state index in [4.69, 9.17) is 30.2 Å². The number of aryl methyl sites for hydroxylation is 1. The second-order valence-corrected chi connectivity index (χ2v) is 4.19. The van der Waals surface area contributed by atoms with Crippen LogP contribution < -0.4 is 14.2 Å². The number of para-hydroxylation sites is 1. The summed E-state index contributed by atoms with van der Waals surface area (Å²) in [5.74, 6) is 2.98. The van der Waals surface area contributed by atoms with Gasteiger partial charge in [-0.25, -0.2) is 0 Å². The lowest BCUT2D eigenvalue weighted by Gasteiger charge is -2.12. The molecular weight excluding hydrogens is 284 g/mol. The predicted octanol–water partition coefficient (Wildman–Crippen LogP) is 2.45. The molecule has 0 saturated carbocycles. The normalized spacial score (nSPS) is 10.3. The van der Waals surface area contributed by atoms with Crippen LogP contribution in [0.5, 0.6) is 17.2 Å². The Morgan fingerprint density at radius 2 is 1.85 bits per heavy atom. The molecule has 0 amide bonds. The molecule has 1 heterocycles. The highest BCUT2D eigenvalue weighted by molar-refractivity contribution is 6.17. The third kappa shape index (κ3) is 3.33. The van der Waals surface area contributed by atoms with Gasteiger partial charge in [-0.3, -0.25) is 0 Å². The molecule has 2 aromatic rings. The van der Waals surface area contributed by atoms with Gasteiger partial charge in [-0.2, -0.15) is 0 Å². The van der Waals surface area contributed by atoms with Crippen molar-refractivity contribution in [3.63, 3.8) is 0 Å². The van der Waals surface area contributed by atoms with Crippen molar-refractivity contribution in [1.29, 1.82) is 0 Å². The third-order valence-electron chi connectivity index (χ3n) is 2.54. The first-order valence-corrected chi connectivity index (χ1v) is 6.53. The summed E-state index contributed by atoms with van der Waals surface area (Å²) in [7, 11) is 3.12. The van der Waals surface area contributed by atoms with Crippen LogP contribution in [-0.2, 0) is 13.0 Å². The van der Waals surface area contributed by atoms with Crippen LogP contribution in [0.3, 0.4) is 0 Å². The van der Waals surface area contributed by atoms with E-state index in [0.29, 0.717) is 41.3 Å². The SMILES string of the molecule is COc1cccc(OCc2nnc(CCCl)o2)c1OC. The minimum atomic E-state index is 0.152. The Bertz CT molecular complexity index is 559. The van der Waals surface area contributed by atoms with Gasteiger partial charge in [-0.1, -0.05) is 6.07 Å². The molecule has 6 nitrogen and oxygen atoms in total. The van der Waals surface area contributed by atoms with Gasteiger partial charge in [0.25, 0.3) is 5.89 Å². The molecule has 0 aliphatic rings. The Morgan fingerprint density at radius 3 is 2.55 bits per heavy atom. The molecule has 2 rings (SSSR count). The molecule has 0 radical (unpaired) electrons. The maximum absolute atomic E-state index is 5.61. The largest absolute Gasteiger partial charge is 0.493 e. The van der Waals surface area contributed by atoms with Crippen molar-refractivity contribution in [1.82, 2.24) is 10.2 Å². The molecule has 0 aliphatic carbocycles. The van der Waals surface area contributed by atoms with Crippen LogP contribution in [0.2, 0.25) is 0 Å². The van der Waals surface area contributed by atoms with Crippen LogP contribution in [0.1, 0.15) is 11.8 Å². The van der Waals surface area contributed by atoms with Gasteiger partial charge in [0.1, 0.15) is 0 Å². The minimum absolute atomic E-state index is 0.152. The monoisotopic (exact) mass is 298 g/mol. The van der Waals surface area contributed by atoms with E-state index >= 15 is 0 Å². The van der Waals surface area contributed by atoms with Crippen LogP contribution in [0.25, 0.3) is 0 Å². The van der Waals surface area contributed by atoms with E-state index in [9.17, 15) is 0 Å². The van der Waals surface area contributed by atoms with Gasteiger partial charge in [0.15, 0.2) is 18.1 Å². The number of nitrogens with zero attached hydrogens (tertiary/aromatic N) is 2. The molecule has 0 saturated heterocycles. The Hall–Kier alpha value is -1.95. The predicted molar refractivity (Wildman–Crippen MR) is 72.6 cm³/mol. The summed E-state index contributed by atoms with van der Waals surface area (Å²) in [5, 5.41) is 7.73. The molecule has 108 valence electrons. The third-order valence-corrected chi connectivity index (χ3v) is 2.72. The number of methoxy groups -OCH3 is 2. The summed E-state index contributed by atoms with van der Waals surface area (Å²) in [6, 6.07) is 5.37. The van der Waals surface area contributed by atoms with Crippen molar-refractivity contribution in [3.05, 3.63) is 30.0 Å². The number of rotatable bonds is 7. The standard InChI is InChI=1S/C13H15ClN2O4/c1-17-9-4-3-5-10(13(9)18-2)19-8-12-16-15-11(20-12)6-7-14/h3-5H,6-8H2,1-2H3. The first kappa shape index (κ1) is 14.5. The Kier molecular flexibility index (Phi) is 5.06. The van der Waals surface area contributed by atoms with Gasteiger partial charge < -0.3 is 18.6 Å². The summed E-state index contributed by atoms with van der Waals surface area (Å²) < 4.78 is 21.4. The number of alkyl halides is 1. The zero-order valence-corrected chi connectivity index (χ0v) is 12.0. The first-order valence-electron chi connectivity index (χ1n) is 5.99. The zero-order valence-electron chi connectivity index (χ0n) is 11.3. The molecular formula is C13H15ClN2O4. The molecule has 0 N–H and O–H groups in total. The number of hydrogen-bond donors (Lipinski definition) is 0. The van der Waals surface area contributed by atoms with Gasteiger partial charge in [-0.05, 0) is 12.1 Å². The second kappa shape index (κ2) is 7.00. The molecule has 0 spiro atoms. The molecule has 0 fully saturated rings. The van der Waals surface area contributed by atoms with E-state index in [2.05, 4.69) is 10.2 Å². The molecule has 1 aromatic carbocycles. The lowest BCUT2D eigenvalue weighted by molar-refractivity contribution is 0.243. The van der Waals surface area contributed by atoms with E-state index in [1.54, 1.807) is 26.4 Å². The number of ether oxygens (including phenoxy) is 3. The second-order valence-electron chi connectivity index (χ2n) is 3.81. The number of benzene rings is 1. The van der Waals surface area contributed by atoms with E-state index in [-0.39, 0.29) is 6.61 Å². The molecule has 0 unspecified atom stereocenters. The van der Waals surface area contributed by atoms with Crippen molar-refractivity contribution in [2.45, 2.75) is 13.0 Å². The molecule has 0 aliphatic heterocycles. The average molecular weight is 299 g/mol. The molecule has 20 heavy (non-hydrogen) atoms. The maximum Gasteiger partial charge on any atom is 0.253 e. The highest BCUT2D eigenvalue weighted by atomic mass is 35.5. The van der Waals surface area contributed by atoms with Crippen molar-refractivity contribution < 1.29 is 18.6 Å². The maximum atomic E-state index is 5.61. The summed E-state index contributed by atoms with van der Waals surface area (Å²) in [5.41, 5.74) is 0. The Labute approximate surface area is 121 Å². The van der Waals surface area contributed by atoms with Gasteiger partial charge in [0.05, 0.1) is 14.2 Å². The number of halogens is 1. The van der Waals surface area contributed by atoms with Gasteiger partial charge in [0, 0.05) is 12.3 Å². The van der Waals surface area contributed by atoms with Crippen LogP contribution in [-0.4, -0.2) is 30.3 Å². The van der Waals surface area contributed by atoms with E-state index in [0.717, 1.165) is 0 Å². The fourth-order valence-electron chi connectivity index (χ4n) is 1.64. The van der Waals surface area contributed by atoms with Crippen LogP contribution >= 0.6 is 11.6 Å². The first-order chi connectivity index (χ1) is 9.78. The van der Waals surface area contributed by atoms with Crippen molar-refractivity contribution in [2.24, 2.45) is 0 Å². The fourth-order valence-corrected chi connectivity index (χ4v) is 1.80. The number of hydrogen-bond acceptors (Lipinski definition) is 6. The Morgan fingerprint density at radius 1 is 1.10 bits per heavy atom. The molecule has 7 heteroatoms. The van der Waals surface area contributed by atoms with Crippen LogP contribution in [0, 0.1) is 0 Å². The fraction of sp³-hybridized carbons (Fsp3) is 0.385. The minimum Gasteiger partial charge on any atom is -0.493 e. The zero-order chi connectivity index (χ0) is 14.4. The average Bonchev–Trinajstić information content (AvgIpc) is 2.92. The van der Waals surface area contributed by atoms with E-state index < -0.39 is 0 Å². The highest BCUT2D eigenvalue weighted by Crippen LogP contribution is 2.36.